The van der Waals surface area contributed by atoms with Crippen LogP contribution in [0.1, 0.15) is 20.3 Å². The van der Waals surface area contributed by atoms with E-state index in [2.05, 4.69) is 19.2 Å². The summed E-state index contributed by atoms with van der Waals surface area (Å²) in [6.07, 6.45) is 3.13. The molecule has 3 heteroatoms. The van der Waals surface area contributed by atoms with Crippen molar-refractivity contribution in [3.8, 4) is 0 Å². The summed E-state index contributed by atoms with van der Waals surface area (Å²) in [7, 11) is 0. The van der Waals surface area contributed by atoms with E-state index in [1.165, 1.54) is 0 Å². The summed E-state index contributed by atoms with van der Waals surface area (Å²) < 4.78 is 0. The van der Waals surface area contributed by atoms with E-state index in [1.807, 2.05) is 6.08 Å². The van der Waals surface area contributed by atoms with Gasteiger partial charge in [-0.1, -0.05) is 13.8 Å². The molecule has 0 spiro atoms. The molecule has 0 fully saturated rings. The van der Waals surface area contributed by atoms with Gasteiger partial charge in [0.05, 0.1) is 5.82 Å². The molecule has 0 saturated carbocycles. The highest BCUT2D eigenvalue weighted by Crippen LogP contribution is 2.22. The summed E-state index contributed by atoms with van der Waals surface area (Å²) in [6.45, 7) is 5.45. The number of allylic oxidation sites excluding steroid dienone is 1. The number of hydrogen-bond donors (Lipinski definition) is 2. The molecule has 0 amide bonds. The van der Waals surface area contributed by atoms with Crippen LogP contribution in [0, 0.1) is 5.41 Å². The van der Waals surface area contributed by atoms with E-state index < -0.39 is 0 Å². The first-order valence-corrected chi connectivity index (χ1v) is 3.30. The van der Waals surface area contributed by atoms with Crippen molar-refractivity contribution < 1.29 is 0 Å². The van der Waals surface area contributed by atoms with E-state index in [9.17, 15) is 0 Å². The van der Waals surface area contributed by atoms with Crippen molar-refractivity contribution in [2.75, 3.05) is 6.54 Å². The molecule has 0 saturated heterocycles. The fourth-order valence-corrected chi connectivity index (χ4v) is 0.872. The lowest BCUT2D eigenvalue weighted by Gasteiger charge is -2.28. The fourth-order valence-electron chi connectivity index (χ4n) is 0.872. The van der Waals surface area contributed by atoms with Gasteiger partial charge in [0.2, 0.25) is 0 Å². The van der Waals surface area contributed by atoms with E-state index in [1.54, 1.807) is 0 Å². The standard InChI is InChI=1S/C7H14N2.ClH/c1-7(2)4-3-6(8)9-5-7;/h3,9H,4-5,8H2,1-2H3;1H. The molecule has 60 valence electrons. The highest BCUT2D eigenvalue weighted by atomic mass is 35.5. The maximum absolute atomic E-state index is 5.51. The van der Waals surface area contributed by atoms with Crippen molar-refractivity contribution in [3.63, 3.8) is 0 Å². The first kappa shape index (κ1) is 9.63. The smallest absolute Gasteiger partial charge is 0.0919 e. The second-order valence-corrected chi connectivity index (χ2v) is 3.38. The Morgan fingerprint density at radius 1 is 1.60 bits per heavy atom. The van der Waals surface area contributed by atoms with E-state index in [0.717, 1.165) is 18.8 Å². The SMILES string of the molecule is CC1(C)CC=C(N)NC1.Cl. The summed E-state index contributed by atoms with van der Waals surface area (Å²) in [5.41, 5.74) is 5.90. The van der Waals surface area contributed by atoms with Gasteiger partial charge in [-0.05, 0) is 17.9 Å². The van der Waals surface area contributed by atoms with E-state index in [0.29, 0.717) is 5.41 Å². The minimum absolute atomic E-state index is 0. The Bertz CT molecular complexity index is 141. The van der Waals surface area contributed by atoms with Crippen molar-refractivity contribution in [1.29, 1.82) is 0 Å². The maximum atomic E-state index is 5.51. The molecule has 0 aliphatic carbocycles. The number of halogens is 1. The van der Waals surface area contributed by atoms with Gasteiger partial charge in [-0.25, -0.2) is 0 Å². The molecule has 1 heterocycles. The zero-order chi connectivity index (χ0) is 6.91. The first-order chi connectivity index (χ1) is 4.10. The minimum Gasteiger partial charge on any atom is -0.386 e. The summed E-state index contributed by atoms with van der Waals surface area (Å²) in [6, 6.07) is 0. The van der Waals surface area contributed by atoms with Gasteiger partial charge < -0.3 is 11.1 Å². The van der Waals surface area contributed by atoms with Crippen LogP contribution in [0.25, 0.3) is 0 Å². The quantitative estimate of drug-likeness (QED) is 0.563. The van der Waals surface area contributed by atoms with Gasteiger partial charge in [-0.3, -0.25) is 0 Å². The van der Waals surface area contributed by atoms with Crippen LogP contribution < -0.4 is 11.1 Å². The molecule has 0 atom stereocenters. The van der Waals surface area contributed by atoms with Crippen molar-refractivity contribution in [2.24, 2.45) is 11.1 Å². The summed E-state index contributed by atoms with van der Waals surface area (Å²) in [4.78, 5) is 0. The fraction of sp³-hybridized carbons (Fsp3) is 0.714. The Balaban J connectivity index is 0.000000810. The van der Waals surface area contributed by atoms with Crippen LogP contribution in [0.4, 0.5) is 0 Å². The van der Waals surface area contributed by atoms with Crippen LogP contribution in [0.2, 0.25) is 0 Å². The van der Waals surface area contributed by atoms with Crippen molar-refractivity contribution in [2.45, 2.75) is 20.3 Å². The Labute approximate surface area is 68.3 Å². The van der Waals surface area contributed by atoms with Crippen molar-refractivity contribution in [1.82, 2.24) is 5.32 Å². The van der Waals surface area contributed by atoms with Crippen LogP contribution in [0.5, 0.6) is 0 Å². The van der Waals surface area contributed by atoms with Crippen LogP contribution in [-0.2, 0) is 0 Å². The van der Waals surface area contributed by atoms with Crippen molar-refractivity contribution >= 4 is 12.4 Å². The predicted molar refractivity (Wildman–Crippen MR) is 45.9 cm³/mol. The largest absolute Gasteiger partial charge is 0.386 e. The van der Waals surface area contributed by atoms with Gasteiger partial charge in [0.1, 0.15) is 0 Å². The Hall–Kier alpha value is -0.370. The molecular weight excluding hydrogens is 148 g/mol. The van der Waals surface area contributed by atoms with Gasteiger partial charge in [0, 0.05) is 6.54 Å². The molecule has 1 aliphatic rings. The summed E-state index contributed by atoms with van der Waals surface area (Å²) >= 11 is 0. The number of rotatable bonds is 0. The molecule has 1 rings (SSSR count). The maximum Gasteiger partial charge on any atom is 0.0919 e. The molecular formula is C7H15ClN2. The molecule has 0 aromatic heterocycles. The molecule has 0 aromatic rings. The van der Waals surface area contributed by atoms with E-state index in [-0.39, 0.29) is 12.4 Å². The normalized spacial score (nSPS) is 22.0. The van der Waals surface area contributed by atoms with Gasteiger partial charge in [0.15, 0.2) is 0 Å². The Morgan fingerprint density at radius 2 is 2.20 bits per heavy atom. The molecule has 10 heavy (non-hydrogen) atoms. The lowest BCUT2D eigenvalue weighted by Crippen LogP contribution is -2.35. The summed E-state index contributed by atoms with van der Waals surface area (Å²) in [5.74, 6) is 0.828. The second-order valence-electron chi connectivity index (χ2n) is 3.38. The predicted octanol–water partition coefficient (Wildman–Crippen LogP) is 1.23. The Morgan fingerprint density at radius 3 is 2.50 bits per heavy atom. The molecule has 0 unspecified atom stereocenters. The molecule has 0 bridgehead atoms. The third-order valence-electron chi connectivity index (χ3n) is 1.65. The zero-order valence-electron chi connectivity index (χ0n) is 6.48. The number of hydrogen-bond acceptors (Lipinski definition) is 2. The first-order valence-electron chi connectivity index (χ1n) is 3.30. The third kappa shape index (κ3) is 2.48. The molecule has 2 nitrogen and oxygen atoms in total. The second kappa shape index (κ2) is 3.15. The van der Waals surface area contributed by atoms with Crippen LogP contribution >= 0.6 is 12.4 Å². The lowest BCUT2D eigenvalue weighted by molar-refractivity contribution is 0.339. The highest BCUT2D eigenvalue weighted by molar-refractivity contribution is 5.85. The number of nitrogens with one attached hydrogen (secondary N) is 1. The van der Waals surface area contributed by atoms with Gasteiger partial charge in [-0.15, -0.1) is 12.4 Å². The lowest BCUT2D eigenvalue weighted by atomic mass is 9.87. The zero-order valence-corrected chi connectivity index (χ0v) is 7.29. The Kier molecular flexibility index (Phi) is 3.03. The van der Waals surface area contributed by atoms with Crippen LogP contribution in [0.15, 0.2) is 11.9 Å². The summed E-state index contributed by atoms with van der Waals surface area (Å²) in [5, 5.41) is 3.11. The van der Waals surface area contributed by atoms with E-state index in [4.69, 9.17) is 5.73 Å². The van der Waals surface area contributed by atoms with Crippen molar-refractivity contribution in [3.05, 3.63) is 11.9 Å². The molecule has 0 aromatic carbocycles. The molecule has 0 radical (unpaired) electrons. The van der Waals surface area contributed by atoms with Gasteiger partial charge in [-0.2, -0.15) is 0 Å². The number of nitrogens with two attached hydrogens (primary N) is 1. The average Bonchev–Trinajstić information content (AvgIpc) is 1.78. The van der Waals surface area contributed by atoms with Gasteiger partial charge in [0.25, 0.3) is 0 Å². The van der Waals surface area contributed by atoms with Crippen LogP contribution in [-0.4, -0.2) is 6.54 Å². The average molecular weight is 163 g/mol. The molecule has 1 aliphatic heterocycles. The monoisotopic (exact) mass is 162 g/mol. The van der Waals surface area contributed by atoms with Gasteiger partial charge >= 0.3 is 0 Å². The molecule has 3 N–H and O–H groups in total. The topological polar surface area (TPSA) is 38.0 Å². The minimum atomic E-state index is 0. The highest BCUT2D eigenvalue weighted by Gasteiger charge is 2.19. The van der Waals surface area contributed by atoms with Crippen LogP contribution in [0.3, 0.4) is 0 Å². The third-order valence-corrected chi connectivity index (χ3v) is 1.65. The van der Waals surface area contributed by atoms with E-state index >= 15 is 0 Å².